The van der Waals surface area contributed by atoms with Gasteiger partial charge in [-0.3, -0.25) is 0 Å². The summed E-state index contributed by atoms with van der Waals surface area (Å²) in [4.78, 5) is 2.31. The van der Waals surface area contributed by atoms with E-state index in [1.54, 1.807) is 24.3 Å². The number of nitrogens with zero attached hydrogens (tertiary/aromatic N) is 1. The molecule has 5 rings (SSSR count). The molecule has 5 aromatic rings. The Bertz CT molecular complexity index is 1520. The van der Waals surface area contributed by atoms with Crippen LogP contribution in [0.4, 0.5) is 17.1 Å². The summed E-state index contributed by atoms with van der Waals surface area (Å²) in [5.74, 6) is 0.498. The van der Waals surface area contributed by atoms with Gasteiger partial charge in [0.1, 0.15) is 11.5 Å². The first-order chi connectivity index (χ1) is 18.7. The van der Waals surface area contributed by atoms with Gasteiger partial charge in [-0.05, 0) is 121 Å². The minimum absolute atomic E-state index is 0.249. The van der Waals surface area contributed by atoms with E-state index in [0.29, 0.717) is 0 Å². The van der Waals surface area contributed by atoms with Gasteiger partial charge in [0.25, 0.3) is 0 Å². The molecule has 0 bridgehead atoms. The Morgan fingerprint density at radius 3 is 1.64 bits per heavy atom. The fourth-order valence-corrected chi connectivity index (χ4v) is 5.28. The van der Waals surface area contributed by atoms with Crippen molar-refractivity contribution >= 4 is 17.1 Å². The molecule has 39 heavy (non-hydrogen) atoms. The van der Waals surface area contributed by atoms with Gasteiger partial charge >= 0.3 is 0 Å². The second-order valence-electron chi connectivity index (χ2n) is 10.7. The van der Waals surface area contributed by atoms with Gasteiger partial charge in [-0.2, -0.15) is 0 Å². The van der Waals surface area contributed by atoms with Crippen LogP contribution in [0.15, 0.2) is 115 Å². The molecule has 0 heterocycles. The molecule has 3 heteroatoms. The largest absolute Gasteiger partial charge is 0.508 e. The van der Waals surface area contributed by atoms with Crippen molar-refractivity contribution in [2.75, 3.05) is 4.90 Å². The van der Waals surface area contributed by atoms with Gasteiger partial charge in [-0.15, -0.1) is 0 Å². The van der Waals surface area contributed by atoms with Crippen molar-refractivity contribution in [2.24, 2.45) is 0 Å². The van der Waals surface area contributed by atoms with Gasteiger partial charge in [-0.25, -0.2) is 0 Å². The van der Waals surface area contributed by atoms with Crippen LogP contribution in [0.3, 0.4) is 0 Å². The predicted octanol–water partition coefficient (Wildman–Crippen LogP) is 9.04. The zero-order valence-electron chi connectivity index (χ0n) is 23.0. The summed E-state index contributed by atoms with van der Waals surface area (Å²) < 4.78 is 0. The summed E-state index contributed by atoms with van der Waals surface area (Å²) in [6.07, 6.45) is 0.761. The minimum atomic E-state index is -0.354. The first-order valence-corrected chi connectivity index (χ1v) is 13.3. The second-order valence-corrected chi connectivity index (χ2v) is 10.7. The minimum Gasteiger partial charge on any atom is -0.508 e. The molecular formula is C36H35NO2. The van der Waals surface area contributed by atoms with E-state index >= 15 is 0 Å². The predicted molar refractivity (Wildman–Crippen MR) is 162 cm³/mol. The summed E-state index contributed by atoms with van der Waals surface area (Å²) in [5, 5.41) is 19.8. The Balaban J connectivity index is 1.54. The van der Waals surface area contributed by atoms with Gasteiger partial charge in [0, 0.05) is 22.5 Å². The molecule has 0 unspecified atom stereocenters. The SMILES string of the molecule is Cc1cccc(N(c2ccc(CC(C)(c3ccc(O)cc3)c3ccc(O)cc3)cc2)c2ccc(C)c(C)c2)c1. The molecule has 0 spiro atoms. The summed E-state index contributed by atoms with van der Waals surface area (Å²) in [7, 11) is 0. The zero-order chi connectivity index (χ0) is 27.6. The average Bonchev–Trinajstić information content (AvgIpc) is 2.92. The Labute approximate surface area is 231 Å². The number of benzene rings is 5. The highest BCUT2D eigenvalue weighted by Crippen LogP contribution is 2.39. The van der Waals surface area contributed by atoms with Crippen LogP contribution in [0.2, 0.25) is 0 Å². The standard InChI is InChI=1S/C36H35NO2/c1-25-6-5-7-32(22-25)37(33-15-8-26(2)27(3)23-33)31-16-9-28(10-17-31)24-36(4,29-11-18-34(38)19-12-29)30-13-20-35(39)21-14-30/h5-23,38-39H,24H2,1-4H3. The van der Waals surface area contributed by atoms with Crippen molar-refractivity contribution < 1.29 is 10.2 Å². The number of phenols is 2. The smallest absolute Gasteiger partial charge is 0.115 e. The highest BCUT2D eigenvalue weighted by Gasteiger charge is 2.29. The maximum absolute atomic E-state index is 9.90. The summed E-state index contributed by atoms with van der Waals surface area (Å²) in [5.41, 5.74) is 10.2. The number of rotatable bonds is 7. The molecule has 196 valence electrons. The lowest BCUT2D eigenvalue weighted by Crippen LogP contribution is -2.26. The molecule has 0 aliphatic heterocycles. The van der Waals surface area contributed by atoms with E-state index < -0.39 is 0 Å². The lowest BCUT2D eigenvalue weighted by Gasteiger charge is -2.32. The first-order valence-electron chi connectivity index (χ1n) is 13.3. The maximum atomic E-state index is 9.90. The van der Waals surface area contributed by atoms with E-state index in [1.165, 1.54) is 22.3 Å². The van der Waals surface area contributed by atoms with Crippen LogP contribution >= 0.6 is 0 Å². The maximum Gasteiger partial charge on any atom is 0.115 e. The lowest BCUT2D eigenvalue weighted by molar-refractivity contribution is 0.473. The number of phenolic OH excluding ortho intramolecular Hbond substituents is 2. The second kappa shape index (κ2) is 10.7. The Kier molecular flexibility index (Phi) is 7.17. The molecule has 0 aliphatic carbocycles. The van der Waals surface area contributed by atoms with Crippen molar-refractivity contribution in [1.29, 1.82) is 0 Å². The van der Waals surface area contributed by atoms with Gasteiger partial charge in [0.05, 0.1) is 0 Å². The third-order valence-corrected chi connectivity index (χ3v) is 7.77. The van der Waals surface area contributed by atoms with Crippen molar-refractivity contribution in [1.82, 2.24) is 0 Å². The molecule has 0 aliphatic rings. The highest BCUT2D eigenvalue weighted by atomic mass is 16.3. The van der Waals surface area contributed by atoms with Crippen LogP contribution in [0.5, 0.6) is 11.5 Å². The van der Waals surface area contributed by atoms with E-state index in [-0.39, 0.29) is 16.9 Å². The number of aromatic hydroxyl groups is 2. The third kappa shape index (κ3) is 5.53. The van der Waals surface area contributed by atoms with E-state index in [9.17, 15) is 10.2 Å². The van der Waals surface area contributed by atoms with Gasteiger partial charge in [-0.1, -0.05) is 61.5 Å². The normalized spacial score (nSPS) is 11.4. The number of anilines is 3. The molecule has 0 radical (unpaired) electrons. The van der Waals surface area contributed by atoms with E-state index in [2.05, 4.69) is 99.3 Å². The molecule has 0 saturated carbocycles. The Hall–Kier alpha value is -4.50. The fourth-order valence-electron chi connectivity index (χ4n) is 5.28. The summed E-state index contributed by atoms with van der Waals surface area (Å²) in [6, 6.07) is 38.9. The molecular weight excluding hydrogens is 478 g/mol. The molecule has 5 aromatic carbocycles. The van der Waals surface area contributed by atoms with Crippen molar-refractivity contribution in [2.45, 2.75) is 39.5 Å². The average molecular weight is 514 g/mol. The summed E-state index contributed by atoms with van der Waals surface area (Å²) >= 11 is 0. The summed E-state index contributed by atoms with van der Waals surface area (Å²) in [6.45, 7) is 8.64. The van der Waals surface area contributed by atoms with Crippen LogP contribution in [0, 0.1) is 20.8 Å². The van der Waals surface area contributed by atoms with E-state index in [4.69, 9.17) is 0 Å². The first kappa shape index (κ1) is 26.1. The zero-order valence-corrected chi connectivity index (χ0v) is 23.0. The van der Waals surface area contributed by atoms with Crippen molar-refractivity contribution in [3.8, 4) is 11.5 Å². The van der Waals surface area contributed by atoms with Crippen LogP contribution in [0.25, 0.3) is 0 Å². The van der Waals surface area contributed by atoms with Gasteiger partial charge in [0.15, 0.2) is 0 Å². The quantitative estimate of drug-likeness (QED) is 0.228. The molecule has 0 saturated heterocycles. The van der Waals surface area contributed by atoms with Crippen LogP contribution < -0.4 is 4.90 Å². The number of hydrogen-bond acceptors (Lipinski definition) is 3. The van der Waals surface area contributed by atoms with Crippen molar-refractivity contribution in [3.63, 3.8) is 0 Å². The van der Waals surface area contributed by atoms with Crippen molar-refractivity contribution in [3.05, 3.63) is 149 Å². The van der Waals surface area contributed by atoms with E-state index in [1.807, 2.05) is 24.3 Å². The van der Waals surface area contributed by atoms with Crippen LogP contribution in [-0.4, -0.2) is 10.2 Å². The third-order valence-electron chi connectivity index (χ3n) is 7.77. The number of hydrogen-bond donors (Lipinski definition) is 2. The number of aryl methyl sites for hydroxylation is 3. The molecule has 0 fully saturated rings. The van der Waals surface area contributed by atoms with E-state index in [0.717, 1.165) is 34.6 Å². The molecule has 0 amide bonds. The highest BCUT2D eigenvalue weighted by molar-refractivity contribution is 5.77. The van der Waals surface area contributed by atoms with Crippen LogP contribution in [0.1, 0.15) is 40.3 Å². The monoisotopic (exact) mass is 513 g/mol. The molecule has 3 nitrogen and oxygen atoms in total. The molecule has 0 aromatic heterocycles. The molecule has 2 N–H and O–H groups in total. The Morgan fingerprint density at radius 2 is 1.10 bits per heavy atom. The van der Waals surface area contributed by atoms with Crippen LogP contribution in [-0.2, 0) is 11.8 Å². The fraction of sp³-hybridized carbons (Fsp3) is 0.167. The van der Waals surface area contributed by atoms with Gasteiger partial charge in [0.2, 0.25) is 0 Å². The van der Waals surface area contributed by atoms with Gasteiger partial charge < -0.3 is 15.1 Å². The lowest BCUT2D eigenvalue weighted by atomic mass is 9.72. The molecule has 0 atom stereocenters. The Morgan fingerprint density at radius 1 is 0.564 bits per heavy atom. The topological polar surface area (TPSA) is 43.7 Å².